The van der Waals surface area contributed by atoms with Crippen LogP contribution in [0.2, 0.25) is 0 Å². The largest absolute Gasteiger partial charge is 0.245 e. The van der Waals surface area contributed by atoms with Crippen molar-refractivity contribution >= 4 is 11.7 Å². The molecular formula is C20H20N4. The molecule has 0 fully saturated rings. The summed E-state index contributed by atoms with van der Waals surface area (Å²) in [5.74, 6) is 0.500. The highest BCUT2D eigenvalue weighted by Crippen LogP contribution is 2.18. The van der Waals surface area contributed by atoms with Gasteiger partial charge >= 0.3 is 0 Å². The van der Waals surface area contributed by atoms with Gasteiger partial charge in [0.1, 0.15) is 0 Å². The van der Waals surface area contributed by atoms with Crippen LogP contribution in [0.1, 0.15) is 23.7 Å². The van der Waals surface area contributed by atoms with Crippen LogP contribution in [0.15, 0.2) is 65.8 Å². The molecule has 0 bridgehead atoms. The fourth-order valence-corrected chi connectivity index (χ4v) is 2.37. The number of aromatic nitrogens is 2. The molecule has 0 atom stereocenters. The molecule has 2 aromatic carbocycles. The molecule has 0 spiro atoms. The van der Waals surface area contributed by atoms with Gasteiger partial charge in [0.2, 0.25) is 5.95 Å². The van der Waals surface area contributed by atoms with Gasteiger partial charge in [-0.05, 0) is 32.4 Å². The maximum Gasteiger partial charge on any atom is 0.244 e. The van der Waals surface area contributed by atoms with Crippen LogP contribution < -0.4 is 5.43 Å². The van der Waals surface area contributed by atoms with Crippen molar-refractivity contribution in [3.63, 3.8) is 0 Å². The van der Waals surface area contributed by atoms with Crippen LogP contribution in [0, 0.1) is 13.8 Å². The Hall–Kier alpha value is -3.01. The average Bonchev–Trinajstić information content (AvgIpc) is 2.60. The van der Waals surface area contributed by atoms with Crippen molar-refractivity contribution in [2.75, 3.05) is 5.43 Å². The van der Waals surface area contributed by atoms with Crippen molar-refractivity contribution in [2.24, 2.45) is 5.10 Å². The van der Waals surface area contributed by atoms with Crippen molar-refractivity contribution in [3.05, 3.63) is 77.5 Å². The summed E-state index contributed by atoms with van der Waals surface area (Å²) < 4.78 is 0. The Labute approximate surface area is 142 Å². The van der Waals surface area contributed by atoms with E-state index in [1.165, 1.54) is 5.56 Å². The molecule has 3 rings (SSSR count). The van der Waals surface area contributed by atoms with E-state index in [4.69, 9.17) is 0 Å². The Bertz CT molecular complexity index is 853. The van der Waals surface area contributed by atoms with Gasteiger partial charge in [-0.1, -0.05) is 60.2 Å². The number of nitrogens with zero attached hydrogens (tertiary/aromatic N) is 3. The van der Waals surface area contributed by atoms with Gasteiger partial charge in [0, 0.05) is 11.3 Å². The number of nitrogens with one attached hydrogen (secondary N) is 1. The summed E-state index contributed by atoms with van der Waals surface area (Å²) in [4.78, 5) is 8.96. The van der Waals surface area contributed by atoms with E-state index in [-0.39, 0.29) is 0 Å². The molecular weight excluding hydrogens is 296 g/mol. The molecule has 0 saturated heterocycles. The van der Waals surface area contributed by atoms with Gasteiger partial charge in [0.05, 0.1) is 11.4 Å². The van der Waals surface area contributed by atoms with Gasteiger partial charge in [0.25, 0.3) is 0 Å². The third-order valence-electron chi connectivity index (χ3n) is 3.72. The predicted octanol–water partition coefficient (Wildman–Crippen LogP) is 4.60. The Kier molecular flexibility index (Phi) is 4.66. The van der Waals surface area contributed by atoms with Gasteiger partial charge < -0.3 is 0 Å². The summed E-state index contributed by atoms with van der Waals surface area (Å²) in [6.07, 6.45) is 0. The van der Waals surface area contributed by atoms with Gasteiger partial charge in [-0.15, -0.1) is 0 Å². The first-order chi connectivity index (χ1) is 11.6. The minimum atomic E-state index is 0.500. The zero-order valence-corrected chi connectivity index (χ0v) is 14.1. The molecule has 0 radical (unpaired) electrons. The highest BCUT2D eigenvalue weighted by Gasteiger charge is 2.04. The molecule has 0 saturated carbocycles. The molecule has 1 heterocycles. The van der Waals surface area contributed by atoms with Crippen molar-refractivity contribution in [2.45, 2.75) is 20.8 Å². The fourth-order valence-electron chi connectivity index (χ4n) is 2.37. The summed E-state index contributed by atoms with van der Waals surface area (Å²) in [5, 5.41) is 4.41. The van der Waals surface area contributed by atoms with E-state index in [1.807, 2.05) is 50.2 Å². The van der Waals surface area contributed by atoms with Crippen molar-refractivity contribution in [3.8, 4) is 11.3 Å². The van der Waals surface area contributed by atoms with Crippen LogP contribution in [0.5, 0.6) is 0 Å². The summed E-state index contributed by atoms with van der Waals surface area (Å²) in [6, 6.07) is 20.3. The second kappa shape index (κ2) is 7.04. The third kappa shape index (κ3) is 3.84. The van der Waals surface area contributed by atoms with Gasteiger partial charge in [-0.2, -0.15) is 5.10 Å². The normalized spacial score (nSPS) is 11.4. The van der Waals surface area contributed by atoms with E-state index in [0.717, 1.165) is 28.2 Å². The molecule has 0 aliphatic rings. The molecule has 0 amide bonds. The molecule has 4 heteroatoms. The second-order valence-electron chi connectivity index (χ2n) is 5.76. The van der Waals surface area contributed by atoms with E-state index in [2.05, 4.69) is 51.7 Å². The fraction of sp³-hybridized carbons (Fsp3) is 0.150. The number of benzene rings is 2. The molecule has 3 aromatic rings. The van der Waals surface area contributed by atoms with Gasteiger partial charge in [0.15, 0.2) is 0 Å². The SMILES string of the molecule is C/C(=N\Nc1nc(C)cc(-c2ccccc2)n1)c1ccc(C)cc1. The third-order valence-corrected chi connectivity index (χ3v) is 3.72. The Morgan fingerprint density at radius 3 is 2.33 bits per heavy atom. The number of hydrogen-bond donors (Lipinski definition) is 1. The summed E-state index contributed by atoms with van der Waals surface area (Å²) in [6.45, 7) is 5.99. The average molecular weight is 316 g/mol. The van der Waals surface area contributed by atoms with Crippen LogP contribution >= 0.6 is 0 Å². The number of hydrazone groups is 1. The molecule has 24 heavy (non-hydrogen) atoms. The molecule has 0 aliphatic carbocycles. The maximum atomic E-state index is 4.55. The Morgan fingerprint density at radius 1 is 0.917 bits per heavy atom. The number of anilines is 1. The lowest BCUT2D eigenvalue weighted by molar-refractivity contribution is 1.07. The van der Waals surface area contributed by atoms with E-state index < -0.39 is 0 Å². The molecule has 1 aromatic heterocycles. The number of rotatable bonds is 4. The van der Waals surface area contributed by atoms with E-state index >= 15 is 0 Å². The topological polar surface area (TPSA) is 50.2 Å². The van der Waals surface area contributed by atoms with Gasteiger partial charge in [-0.3, -0.25) is 0 Å². The standard InChI is InChI=1S/C20H20N4/c1-14-9-11-17(12-10-14)16(3)23-24-20-21-15(2)13-19(22-20)18-7-5-4-6-8-18/h4-13H,1-3H3,(H,21,22,24)/b23-16+. The zero-order valence-electron chi connectivity index (χ0n) is 14.1. The van der Waals surface area contributed by atoms with Crippen LogP contribution in [0.4, 0.5) is 5.95 Å². The lowest BCUT2D eigenvalue weighted by atomic mass is 10.1. The van der Waals surface area contributed by atoms with E-state index in [0.29, 0.717) is 5.95 Å². The van der Waals surface area contributed by atoms with E-state index in [1.54, 1.807) is 0 Å². The zero-order chi connectivity index (χ0) is 16.9. The molecule has 4 nitrogen and oxygen atoms in total. The minimum Gasteiger partial charge on any atom is -0.245 e. The highest BCUT2D eigenvalue weighted by molar-refractivity contribution is 5.99. The smallest absolute Gasteiger partial charge is 0.244 e. The Balaban J connectivity index is 1.84. The predicted molar refractivity (Wildman–Crippen MR) is 99.2 cm³/mol. The summed E-state index contributed by atoms with van der Waals surface area (Å²) >= 11 is 0. The van der Waals surface area contributed by atoms with Gasteiger partial charge in [-0.25, -0.2) is 15.4 Å². The summed E-state index contributed by atoms with van der Waals surface area (Å²) in [7, 11) is 0. The molecule has 0 unspecified atom stereocenters. The van der Waals surface area contributed by atoms with Crippen LogP contribution in [-0.2, 0) is 0 Å². The molecule has 1 N–H and O–H groups in total. The van der Waals surface area contributed by atoms with Crippen LogP contribution in [-0.4, -0.2) is 15.7 Å². The first-order valence-corrected chi connectivity index (χ1v) is 7.90. The molecule has 120 valence electrons. The lowest BCUT2D eigenvalue weighted by Gasteiger charge is -2.07. The summed E-state index contributed by atoms with van der Waals surface area (Å²) in [5.41, 5.74) is 9.01. The molecule has 0 aliphatic heterocycles. The number of hydrogen-bond acceptors (Lipinski definition) is 4. The second-order valence-corrected chi connectivity index (χ2v) is 5.76. The van der Waals surface area contributed by atoms with E-state index in [9.17, 15) is 0 Å². The Morgan fingerprint density at radius 2 is 1.62 bits per heavy atom. The monoisotopic (exact) mass is 316 g/mol. The van der Waals surface area contributed by atoms with Crippen LogP contribution in [0.25, 0.3) is 11.3 Å². The first-order valence-electron chi connectivity index (χ1n) is 7.90. The minimum absolute atomic E-state index is 0.500. The quantitative estimate of drug-likeness (QED) is 0.565. The maximum absolute atomic E-state index is 4.55. The van der Waals surface area contributed by atoms with Crippen molar-refractivity contribution < 1.29 is 0 Å². The highest BCUT2D eigenvalue weighted by atomic mass is 15.4. The van der Waals surface area contributed by atoms with Crippen molar-refractivity contribution in [1.29, 1.82) is 0 Å². The van der Waals surface area contributed by atoms with Crippen LogP contribution in [0.3, 0.4) is 0 Å². The van der Waals surface area contributed by atoms with Crippen molar-refractivity contribution in [1.82, 2.24) is 9.97 Å². The lowest BCUT2D eigenvalue weighted by Crippen LogP contribution is -2.03. The number of aryl methyl sites for hydroxylation is 2. The first kappa shape index (κ1) is 15.9.